The zero-order valence-electron chi connectivity index (χ0n) is 7.22. The molecule has 0 saturated heterocycles. The van der Waals surface area contributed by atoms with Gasteiger partial charge >= 0.3 is 0 Å². The fourth-order valence-electron chi connectivity index (χ4n) is 0.783. The van der Waals surface area contributed by atoms with Gasteiger partial charge in [-0.25, -0.2) is 0 Å². The summed E-state index contributed by atoms with van der Waals surface area (Å²) >= 11 is 0. The van der Waals surface area contributed by atoms with Gasteiger partial charge in [-0.15, -0.1) is 0 Å². The molecule has 0 bridgehead atoms. The van der Waals surface area contributed by atoms with Crippen LogP contribution in [0.15, 0.2) is 0 Å². The van der Waals surface area contributed by atoms with Gasteiger partial charge in [-0.2, -0.15) is 0 Å². The average Bonchev–Trinajstić information content (AvgIpc) is 2.01. The second kappa shape index (κ2) is 4.51. The van der Waals surface area contributed by atoms with Crippen LogP contribution in [0.1, 0.15) is 12.8 Å². The van der Waals surface area contributed by atoms with Crippen molar-refractivity contribution >= 4 is 23.7 Å². The van der Waals surface area contributed by atoms with Crippen molar-refractivity contribution in [2.75, 3.05) is 0 Å². The molecule has 0 radical (unpaired) electrons. The quantitative estimate of drug-likeness (QED) is 0.431. The van der Waals surface area contributed by atoms with Crippen LogP contribution >= 0.6 is 0 Å². The molecule has 0 amide bonds. The molecule has 8 heteroatoms. The topological polar surface area (TPSA) is 158 Å². The van der Waals surface area contributed by atoms with Crippen LogP contribution in [0.4, 0.5) is 0 Å². The highest BCUT2D eigenvalue weighted by molar-refractivity contribution is 6.32. The second-order valence-electron chi connectivity index (χ2n) is 2.76. The highest BCUT2D eigenvalue weighted by atomic mass is 16.4. The van der Waals surface area contributed by atoms with Gasteiger partial charge in [0, 0.05) is 18.8 Å². The first-order valence-corrected chi connectivity index (χ1v) is 3.57. The average molecular weight is 217 g/mol. The Balaban J connectivity index is 4.81. The summed E-state index contributed by atoms with van der Waals surface area (Å²) in [5, 5.41) is 39.4. The van der Waals surface area contributed by atoms with Crippen molar-refractivity contribution in [3.8, 4) is 0 Å². The van der Waals surface area contributed by atoms with Crippen molar-refractivity contribution in [1.29, 1.82) is 0 Å². The normalized spacial score (nSPS) is 13.9. The van der Waals surface area contributed by atoms with Crippen molar-refractivity contribution in [2.45, 2.75) is 18.4 Å². The van der Waals surface area contributed by atoms with Gasteiger partial charge in [-0.3, -0.25) is 4.79 Å². The Morgan fingerprint density at radius 1 is 1.00 bits per heavy atom. The molecule has 1 atom stereocenters. The van der Waals surface area contributed by atoms with Gasteiger partial charge in [0.2, 0.25) is 0 Å². The Kier molecular flexibility index (Phi) is 3.92. The third-order valence-electron chi connectivity index (χ3n) is 1.50. The molecule has 0 fully saturated rings. The molecule has 0 rings (SSSR count). The van der Waals surface area contributed by atoms with Gasteiger partial charge < -0.3 is 34.8 Å². The summed E-state index contributed by atoms with van der Waals surface area (Å²) in [6.07, 6.45) is -2.90. The van der Waals surface area contributed by atoms with E-state index in [2.05, 4.69) is 0 Å². The Morgan fingerprint density at radius 3 is 1.73 bits per heavy atom. The standard InChI is InChI=1S/C7H8O8/c8-3(5(11)12)1-7(15,6(13)14)2-4(9)10/h15H,1-2H2,(H,9,10)(H,11,12)(H,13,14)/p-3/t7-/m0/s1. The maximum atomic E-state index is 10.5. The summed E-state index contributed by atoms with van der Waals surface area (Å²) in [7, 11) is 0. The number of carbonyl (C=O) groups is 4. The van der Waals surface area contributed by atoms with E-state index in [1.165, 1.54) is 0 Å². The fourth-order valence-corrected chi connectivity index (χ4v) is 0.783. The Hall–Kier alpha value is -1.96. The zero-order valence-corrected chi connectivity index (χ0v) is 7.22. The predicted molar refractivity (Wildman–Crippen MR) is 34.2 cm³/mol. The molecule has 8 nitrogen and oxygen atoms in total. The number of hydrogen-bond donors (Lipinski definition) is 1. The number of carbonyl (C=O) groups excluding carboxylic acids is 4. The molecule has 0 aromatic carbocycles. The predicted octanol–water partition coefficient (Wildman–Crippen LogP) is -5.68. The number of carboxylic acids is 3. The van der Waals surface area contributed by atoms with Crippen molar-refractivity contribution in [2.24, 2.45) is 0 Å². The van der Waals surface area contributed by atoms with E-state index in [-0.39, 0.29) is 0 Å². The summed E-state index contributed by atoms with van der Waals surface area (Å²) in [6.45, 7) is 0. The first-order valence-electron chi connectivity index (χ1n) is 3.57. The molecule has 0 heterocycles. The summed E-state index contributed by atoms with van der Waals surface area (Å²) in [4.78, 5) is 40.8. The first-order chi connectivity index (χ1) is 6.69. The number of aliphatic carboxylic acids is 3. The van der Waals surface area contributed by atoms with Crippen molar-refractivity contribution < 1.29 is 39.6 Å². The van der Waals surface area contributed by atoms with Crippen LogP contribution in [0.5, 0.6) is 0 Å². The van der Waals surface area contributed by atoms with E-state index < -0.39 is 42.1 Å². The van der Waals surface area contributed by atoms with Crippen LogP contribution in [0, 0.1) is 0 Å². The number of aliphatic hydroxyl groups is 1. The Labute approximate surface area is 82.8 Å². The maximum absolute atomic E-state index is 10.5. The number of hydrogen-bond acceptors (Lipinski definition) is 8. The molecule has 0 aromatic heterocycles. The highest BCUT2D eigenvalue weighted by Gasteiger charge is 2.32. The van der Waals surface area contributed by atoms with E-state index in [1.54, 1.807) is 0 Å². The van der Waals surface area contributed by atoms with Gasteiger partial charge in [0.1, 0.15) is 11.6 Å². The molecule has 15 heavy (non-hydrogen) atoms. The van der Waals surface area contributed by atoms with Gasteiger partial charge in [0.05, 0.1) is 5.97 Å². The van der Waals surface area contributed by atoms with Crippen LogP contribution in [-0.4, -0.2) is 34.4 Å². The van der Waals surface area contributed by atoms with Gasteiger partial charge in [-0.1, -0.05) is 0 Å². The zero-order chi connectivity index (χ0) is 12.2. The number of carboxylic acid groups (broad SMARTS) is 3. The largest absolute Gasteiger partial charge is 0.550 e. The molecule has 84 valence electrons. The van der Waals surface area contributed by atoms with Gasteiger partial charge in [-0.05, 0) is 0 Å². The Bertz CT molecular complexity index is 319. The molecular weight excluding hydrogens is 212 g/mol. The third-order valence-corrected chi connectivity index (χ3v) is 1.50. The summed E-state index contributed by atoms with van der Waals surface area (Å²) in [6, 6.07) is 0. The molecule has 0 saturated carbocycles. The smallest absolute Gasteiger partial charge is 0.181 e. The fraction of sp³-hybridized carbons (Fsp3) is 0.429. The lowest BCUT2D eigenvalue weighted by molar-refractivity contribution is -0.333. The molecule has 0 aromatic rings. The highest BCUT2D eigenvalue weighted by Crippen LogP contribution is 2.14. The Morgan fingerprint density at radius 2 is 1.47 bits per heavy atom. The van der Waals surface area contributed by atoms with Crippen LogP contribution in [0.25, 0.3) is 0 Å². The third kappa shape index (κ3) is 3.73. The molecule has 0 unspecified atom stereocenters. The van der Waals surface area contributed by atoms with E-state index in [4.69, 9.17) is 5.11 Å². The van der Waals surface area contributed by atoms with Crippen LogP contribution in [0.3, 0.4) is 0 Å². The summed E-state index contributed by atoms with van der Waals surface area (Å²) in [5.74, 6) is -8.22. The number of rotatable bonds is 6. The summed E-state index contributed by atoms with van der Waals surface area (Å²) in [5.41, 5.74) is -3.10. The monoisotopic (exact) mass is 217 g/mol. The number of Topliss-reactive ketones (excluding diaryl/α,β-unsaturated/α-hetero) is 1. The summed E-state index contributed by atoms with van der Waals surface area (Å²) < 4.78 is 0. The maximum Gasteiger partial charge on any atom is 0.181 e. The molecule has 0 spiro atoms. The molecule has 1 N–H and O–H groups in total. The van der Waals surface area contributed by atoms with Crippen LogP contribution < -0.4 is 15.3 Å². The van der Waals surface area contributed by atoms with Crippen LogP contribution in [-0.2, 0) is 19.2 Å². The van der Waals surface area contributed by atoms with Crippen molar-refractivity contribution in [3.05, 3.63) is 0 Å². The minimum absolute atomic E-state index is 1.45. The minimum atomic E-state index is -3.10. The van der Waals surface area contributed by atoms with Crippen molar-refractivity contribution in [3.63, 3.8) is 0 Å². The van der Waals surface area contributed by atoms with E-state index >= 15 is 0 Å². The molecule has 0 aliphatic carbocycles. The lowest BCUT2D eigenvalue weighted by Crippen LogP contribution is -2.54. The lowest BCUT2D eigenvalue weighted by atomic mass is 9.93. The van der Waals surface area contributed by atoms with E-state index in [1.807, 2.05) is 0 Å². The number of ketones is 1. The SMILES string of the molecule is O=C([O-])C[C@@](O)(CC(=O)C(=O)[O-])C(=O)[O-]. The van der Waals surface area contributed by atoms with E-state index in [9.17, 15) is 34.5 Å². The molecular formula is C7H5O8-3. The van der Waals surface area contributed by atoms with Crippen LogP contribution in [0.2, 0.25) is 0 Å². The first kappa shape index (κ1) is 13.0. The lowest BCUT2D eigenvalue weighted by Gasteiger charge is -2.28. The molecule has 0 aliphatic heterocycles. The van der Waals surface area contributed by atoms with E-state index in [0.29, 0.717) is 0 Å². The minimum Gasteiger partial charge on any atom is -0.550 e. The second-order valence-corrected chi connectivity index (χ2v) is 2.76. The van der Waals surface area contributed by atoms with Gasteiger partial charge in [0.25, 0.3) is 0 Å². The van der Waals surface area contributed by atoms with Crippen molar-refractivity contribution in [1.82, 2.24) is 0 Å². The van der Waals surface area contributed by atoms with Gasteiger partial charge in [0.15, 0.2) is 5.78 Å². The van der Waals surface area contributed by atoms with E-state index in [0.717, 1.165) is 0 Å². The molecule has 0 aliphatic rings.